The molecule has 5 heteroatoms. The summed E-state index contributed by atoms with van der Waals surface area (Å²) in [6, 6.07) is 2.21. The third kappa shape index (κ3) is 2.34. The smallest absolute Gasteiger partial charge is 0.411 e. The number of hydrogen-bond donors (Lipinski definition) is 1. The highest BCUT2D eigenvalue weighted by Gasteiger charge is 2.25. The van der Waals surface area contributed by atoms with Gasteiger partial charge in [-0.1, -0.05) is 13.3 Å². The lowest BCUT2D eigenvalue weighted by Gasteiger charge is -2.20. The van der Waals surface area contributed by atoms with Gasteiger partial charge in [0, 0.05) is 4.88 Å². The number of amides is 1. The molecule has 0 aromatic carbocycles. The van der Waals surface area contributed by atoms with Crippen LogP contribution in [-0.2, 0) is 17.6 Å². The molecule has 1 aromatic heterocycles. The first-order chi connectivity index (χ1) is 8.69. The van der Waals surface area contributed by atoms with Crippen LogP contribution >= 0.6 is 11.3 Å². The molecule has 0 saturated carbocycles. The van der Waals surface area contributed by atoms with Crippen molar-refractivity contribution >= 4 is 22.4 Å². The molecule has 0 saturated heterocycles. The monoisotopic (exact) mass is 264 g/mol. The largest absolute Gasteiger partial charge is 0.453 e. The Bertz CT molecular complexity index is 502. The SMILES string of the molecule is CC[C@H]1CCc2c(sc(NC(=O)OC)c2C#N)C1. The summed E-state index contributed by atoms with van der Waals surface area (Å²) in [5.41, 5.74) is 1.74. The highest BCUT2D eigenvalue weighted by Crippen LogP contribution is 2.39. The summed E-state index contributed by atoms with van der Waals surface area (Å²) in [6.45, 7) is 2.20. The second-order valence-electron chi connectivity index (χ2n) is 4.45. The van der Waals surface area contributed by atoms with E-state index in [-0.39, 0.29) is 0 Å². The van der Waals surface area contributed by atoms with Gasteiger partial charge in [-0.05, 0) is 30.7 Å². The fourth-order valence-corrected chi connectivity index (χ4v) is 3.65. The Balaban J connectivity index is 2.31. The van der Waals surface area contributed by atoms with Crippen LogP contribution in [0.25, 0.3) is 0 Å². The highest BCUT2D eigenvalue weighted by atomic mass is 32.1. The first-order valence-corrected chi connectivity index (χ1v) is 6.90. The normalized spacial score (nSPS) is 17.7. The zero-order valence-corrected chi connectivity index (χ0v) is 11.4. The molecule has 1 amide bonds. The lowest BCUT2D eigenvalue weighted by atomic mass is 9.86. The fraction of sp³-hybridized carbons (Fsp3) is 0.538. The number of thiophene rings is 1. The van der Waals surface area contributed by atoms with E-state index in [2.05, 4.69) is 23.0 Å². The maximum absolute atomic E-state index is 11.2. The maximum Gasteiger partial charge on any atom is 0.411 e. The van der Waals surface area contributed by atoms with E-state index in [1.807, 2.05) is 0 Å². The molecule has 4 nitrogen and oxygen atoms in total. The van der Waals surface area contributed by atoms with E-state index in [1.165, 1.54) is 29.7 Å². The molecule has 1 N–H and O–H groups in total. The molecule has 1 atom stereocenters. The van der Waals surface area contributed by atoms with Gasteiger partial charge in [0.05, 0.1) is 12.7 Å². The van der Waals surface area contributed by atoms with E-state index >= 15 is 0 Å². The van der Waals surface area contributed by atoms with Crippen molar-refractivity contribution in [3.8, 4) is 6.07 Å². The van der Waals surface area contributed by atoms with Crippen molar-refractivity contribution in [2.75, 3.05) is 12.4 Å². The Morgan fingerprint density at radius 3 is 3.06 bits per heavy atom. The van der Waals surface area contributed by atoms with Gasteiger partial charge in [0.25, 0.3) is 0 Å². The van der Waals surface area contributed by atoms with Gasteiger partial charge < -0.3 is 4.74 Å². The Morgan fingerprint density at radius 2 is 2.44 bits per heavy atom. The summed E-state index contributed by atoms with van der Waals surface area (Å²) in [6.07, 6.45) is 3.74. The summed E-state index contributed by atoms with van der Waals surface area (Å²) in [4.78, 5) is 12.5. The number of ether oxygens (including phenoxy) is 1. The minimum absolute atomic E-state index is 0.517. The van der Waals surface area contributed by atoms with Crippen molar-refractivity contribution in [2.24, 2.45) is 5.92 Å². The van der Waals surface area contributed by atoms with Crippen LogP contribution < -0.4 is 5.32 Å². The number of fused-ring (bicyclic) bond motifs is 1. The van der Waals surface area contributed by atoms with Crippen LogP contribution in [0.15, 0.2) is 0 Å². The quantitative estimate of drug-likeness (QED) is 0.891. The van der Waals surface area contributed by atoms with Crippen molar-refractivity contribution in [3.05, 3.63) is 16.0 Å². The molecular formula is C13H16N2O2S. The average Bonchev–Trinajstić information content (AvgIpc) is 2.74. The van der Waals surface area contributed by atoms with Crippen LogP contribution in [0.5, 0.6) is 0 Å². The standard InChI is InChI=1S/C13H16N2O2S/c1-3-8-4-5-9-10(7-14)12(15-13(16)17-2)18-11(9)6-8/h8H,3-6H2,1-2H3,(H,15,16)/t8-/m0/s1. The lowest BCUT2D eigenvalue weighted by Crippen LogP contribution is -2.12. The van der Waals surface area contributed by atoms with Crippen LogP contribution in [0.1, 0.15) is 35.8 Å². The van der Waals surface area contributed by atoms with Crippen LogP contribution in [0.4, 0.5) is 9.80 Å². The van der Waals surface area contributed by atoms with E-state index in [0.717, 1.165) is 24.8 Å². The zero-order valence-electron chi connectivity index (χ0n) is 10.6. The molecule has 0 fully saturated rings. The first-order valence-electron chi connectivity index (χ1n) is 6.09. The summed E-state index contributed by atoms with van der Waals surface area (Å²) in [5.74, 6) is 0.702. The van der Waals surface area contributed by atoms with Crippen LogP contribution in [0.2, 0.25) is 0 Å². The van der Waals surface area contributed by atoms with E-state index in [1.54, 1.807) is 0 Å². The molecule has 0 bridgehead atoms. The second kappa shape index (κ2) is 5.40. The number of nitriles is 1. The summed E-state index contributed by atoms with van der Waals surface area (Å²) < 4.78 is 4.58. The second-order valence-corrected chi connectivity index (χ2v) is 5.56. The van der Waals surface area contributed by atoms with Gasteiger partial charge >= 0.3 is 6.09 Å². The van der Waals surface area contributed by atoms with Crippen molar-refractivity contribution in [2.45, 2.75) is 32.6 Å². The minimum atomic E-state index is -0.517. The Kier molecular flexibility index (Phi) is 3.87. The molecule has 0 radical (unpaired) electrons. The predicted octanol–water partition coefficient (Wildman–Crippen LogP) is 3.31. The van der Waals surface area contributed by atoms with Crippen molar-refractivity contribution in [3.63, 3.8) is 0 Å². The lowest BCUT2D eigenvalue weighted by molar-refractivity contribution is 0.187. The molecule has 18 heavy (non-hydrogen) atoms. The average molecular weight is 264 g/mol. The first kappa shape index (κ1) is 12.9. The van der Waals surface area contributed by atoms with Crippen molar-refractivity contribution < 1.29 is 9.53 Å². The predicted molar refractivity (Wildman–Crippen MR) is 70.9 cm³/mol. The van der Waals surface area contributed by atoms with E-state index in [4.69, 9.17) is 0 Å². The van der Waals surface area contributed by atoms with Gasteiger partial charge in [-0.15, -0.1) is 11.3 Å². The number of carbonyl (C=O) groups is 1. The molecular weight excluding hydrogens is 248 g/mol. The van der Waals surface area contributed by atoms with Gasteiger partial charge in [-0.25, -0.2) is 4.79 Å². The molecule has 0 aliphatic heterocycles. The van der Waals surface area contributed by atoms with Crippen molar-refractivity contribution in [1.29, 1.82) is 5.26 Å². The maximum atomic E-state index is 11.2. The molecule has 1 heterocycles. The van der Waals surface area contributed by atoms with Crippen molar-refractivity contribution in [1.82, 2.24) is 0 Å². The molecule has 2 rings (SSSR count). The summed E-state index contributed by atoms with van der Waals surface area (Å²) >= 11 is 1.51. The Labute approximate surface area is 111 Å². The van der Waals surface area contributed by atoms with Gasteiger partial charge in [0.1, 0.15) is 11.1 Å². The fourth-order valence-electron chi connectivity index (χ4n) is 2.35. The third-order valence-electron chi connectivity index (χ3n) is 3.46. The van der Waals surface area contributed by atoms with E-state index in [0.29, 0.717) is 16.5 Å². The van der Waals surface area contributed by atoms with Crippen LogP contribution in [-0.4, -0.2) is 13.2 Å². The molecule has 0 spiro atoms. The minimum Gasteiger partial charge on any atom is -0.453 e. The number of nitrogens with zero attached hydrogens (tertiary/aromatic N) is 1. The van der Waals surface area contributed by atoms with Gasteiger partial charge in [-0.3, -0.25) is 5.32 Å². The number of nitrogens with one attached hydrogen (secondary N) is 1. The molecule has 1 aliphatic rings. The Hall–Kier alpha value is -1.54. The van der Waals surface area contributed by atoms with Crippen LogP contribution in [0, 0.1) is 17.2 Å². The number of methoxy groups -OCH3 is 1. The Morgan fingerprint density at radius 1 is 1.67 bits per heavy atom. The summed E-state index contributed by atoms with van der Waals surface area (Å²) in [5, 5.41) is 12.5. The summed E-state index contributed by atoms with van der Waals surface area (Å²) in [7, 11) is 1.32. The van der Waals surface area contributed by atoms with Gasteiger partial charge in [-0.2, -0.15) is 5.26 Å². The topological polar surface area (TPSA) is 62.1 Å². The number of rotatable bonds is 2. The molecule has 1 aromatic rings. The highest BCUT2D eigenvalue weighted by molar-refractivity contribution is 7.16. The molecule has 96 valence electrons. The molecule has 1 aliphatic carbocycles. The van der Waals surface area contributed by atoms with E-state index < -0.39 is 6.09 Å². The van der Waals surface area contributed by atoms with E-state index in [9.17, 15) is 10.1 Å². The number of carbonyl (C=O) groups excluding carboxylic acids is 1. The third-order valence-corrected chi connectivity index (χ3v) is 4.63. The molecule has 0 unspecified atom stereocenters. The van der Waals surface area contributed by atoms with Gasteiger partial charge in [0.15, 0.2) is 0 Å². The van der Waals surface area contributed by atoms with Gasteiger partial charge in [0.2, 0.25) is 0 Å². The zero-order chi connectivity index (χ0) is 13.1. The number of hydrogen-bond acceptors (Lipinski definition) is 4. The number of anilines is 1. The van der Waals surface area contributed by atoms with Crippen LogP contribution in [0.3, 0.4) is 0 Å².